The van der Waals surface area contributed by atoms with Gasteiger partial charge in [0.1, 0.15) is 11.4 Å². The summed E-state index contributed by atoms with van der Waals surface area (Å²) in [6.45, 7) is 7.59. The molecule has 3 N–H and O–H groups in total. The van der Waals surface area contributed by atoms with Crippen LogP contribution in [0.4, 0.5) is 21.1 Å². The first-order valence-electron chi connectivity index (χ1n) is 11.5. The molecule has 0 aliphatic heterocycles. The molecule has 0 spiro atoms. The van der Waals surface area contributed by atoms with E-state index in [-0.39, 0.29) is 31.2 Å². The van der Waals surface area contributed by atoms with Crippen LogP contribution in [0.3, 0.4) is 0 Å². The molecule has 0 aliphatic carbocycles. The van der Waals surface area contributed by atoms with Crippen LogP contribution < -0.4 is 27.2 Å². The number of ether oxygens (including phenoxy) is 2. The third kappa shape index (κ3) is 7.62. The fourth-order valence-corrected chi connectivity index (χ4v) is 3.34. The molecule has 0 unspecified atom stereocenters. The fourth-order valence-electron chi connectivity index (χ4n) is 3.34. The molecule has 0 fully saturated rings. The van der Waals surface area contributed by atoms with Crippen LogP contribution >= 0.6 is 0 Å². The van der Waals surface area contributed by atoms with Crippen LogP contribution in [0.2, 0.25) is 0 Å². The Morgan fingerprint density at radius 1 is 1.11 bits per heavy atom. The molecule has 1 aromatic carbocycles. The predicted octanol–water partition coefficient (Wildman–Crippen LogP) is 2.45. The van der Waals surface area contributed by atoms with Crippen LogP contribution in [0.5, 0.6) is 0 Å². The van der Waals surface area contributed by atoms with Crippen LogP contribution in [0, 0.1) is 0 Å². The molecular formula is C24H35N5O6. The zero-order chi connectivity index (χ0) is 26.2. The standard InChI is InChI=1S/C24H35N5O6/c1-6-34-23(33)28(15-11-10-14-26-21(31)35-24(2,3)4)18-19(25)29(22(32)27(5)20(18)30)16-17-12-8-7-9-13-17/h7-9,12-13H,6,10-11,14-16,25H2,1-5H3,(H,26,31). The van der Waals surface area contributed by atoms with Crippen molar-refractivity contribution in [3.8, 4) is 0 Å². The maximum absolute atomic E-state index is 13.0. The minimum absolute atomic E-state index is 0.0951. The summed E-state index contributed by atoms with van der Waals surface area (Å²) in [4.78, 5) is 51.5. The van der Waals surface area contributed by atoms with Gasteiger partial charge in [-0.05, 0) is 46.1 Å². The average molecular weight is 490 g/mol. The summed E-state index contributed by atoms with van der Waals surface area (Å²) in [5, 5.41) is 2.65. The summed E-state index contributed by atoms with van der Waals surface area (Å²) >= 11 is 0. The molecule has 11 heteroatoms. The molecule has 11 nitrogen and oxygen atoms in total. The summed E-state index contributed by atoms with van der Waals surface area (Å²) in [6, 6.07) is 9.17. The molecule has 1 aromatic heterocycles. The number of carbonyl (C=O) groups excluding carboxylic acids is 2. The number of alkyl carbamates (subject to hydrolysis) is 1. The Hall–Kier alpha value is -3.76. The van der Waals surface area contributed by atoms with Crippen molar-refractivity contribution in [1.82, 2.24) is 14.5 Å². The van der Waals surface area contributed by atoms with Gasteiger partial charge in [0, 0.05) is 20.1 Å². The van der Waals surface area contributed by atoms with Gasteiger partial charge in [0.15, 0.2) is 5.69 Å². The molecule has 1 heterocycles. The van der Waals surface area contributed by atoms with Crippen molar-refractivity contribution in [3.05, 3.63) is 56.7 Å². The van der Waals surface area contributed by atoms with Crippen LogP contribution in [-0.4, -0.2) is 46.6 Å². The lowest BCUT2D eigenvalue weighted by atomic mass is 10.2. The van der Waals surface area contributed by atoms with E-state index in [1.54, 1.807) is 27.7 Å². The third-order valence-corrected chi connectivity index (χ3v) is 4.98. The van der Waals surface area contributed by atoms with Crippen molar-refractivity contribution in [3.63, 3.8) is 0 Å². The molecule has 0 saturated carbocycles. The zero-order valence-electron chi connectivity index (χ0n) is 21.0. The lowest BCUT2D eigenvalue weighted by Gasteiger charge is -2.25. The van der Waals surface area contributed by atoms with E-state index in [4.69, 9.17) is 15.2 Å². The molecule has 0 saturated heterocycles. The molecule has 2 amide bonds. The molecule has 2 rings (SSSR count). The first-order chi connectivity index (χ1) is 16.5. The largest absolute Gasteiger partial charge is 0.449 e. The number of nitrogens with two attached hydrogens (primary N) is 1. The quantitative estimate of drug-likeness (QED) is 0.516. The van der Waals surface area contributed by atoms with Gasteiger partial charge in [0.05, 0.1) is 13.2 Å². The van der Waals surface area contributed by atoms with Gasteiger partial charge in [-0.2, -0.15) is 0 Å². The van der Waals surface area contributed by atoms with E-state index in [0.29, 0.717) is 19.4 Å². The highest BCUT2D eigenvalue weighted by Crippen LogP contribution is 2.20. The maximum Gasteiger partial charge on any atom is 0.414 e. The van der Waals surface area contributed by atoms with Gasteiger partial charge in [0.25, 0.3) is 5.56 Å². The Kier molecular flexibility index (Phi) is 9.50. The Bertz CT molecular complexity index is 1130. The van der Waals surface area contributed by atoms with Crippen molar-refractivity contribution in [1.29, 1.82) is 0 Å². The Morgan fingerprint density at radius 3 is 2.37 bits per heavy atom. The van der Waals surface area contributed by atoms with Crippen LogP contribution in [-0.2, 0) is 23.1 Å². The van der Waals surface area contributed by atoms with Crippen molar-refractivity contribution < 1.29 is 19.1 Å². The molecule has 35 heavy (non-hydrogen) atoms. The lowest BCUT2D eigenvalue weighted by molar-refractivity contribution is 0.0527. The number of amides is 2. The molecule has 2 aromatic rings. The van der Waals surface area contributed by atoms with E-state index in [1.807, 2.05) is 30.3 Å². The number of aromatic nitrogens is 2. The van der Waals surface area contributed by atoms with Crippen molar-refractivity contribution in [2.75, 3.05) is 30.3 Å². The van der Waals surface area contributed by atoms with Crippen molar-refractivity contribution >= 4 is 23.7 Å². The summed E-state index contributed by atoms with van der Waals surface area (Å²) < 4.78 is 12.5. The zero-order valence-corrected chi connectivity index (χ0v) is 21.0. The highest BCUT2D eigenvalue weighted by atomic mass is 16.6. The van der Waals surface area contributed by atoms with E-state index < -0.39 is 29.0 Å². The van der Waals surface area contributed by atoms with Gasteiger partial charge < -0.3 is 20.5 Å². The summed E-state index contributed by atoms with van der Waals surface area (Å²) in [5.41, 5.74) is 5.08. The minimum Gasteiger partial charge on any atom is -0.449 e. The second kappa shape index (κ2) is 12.1. The monoisotopic (exact) mass is 489 g/mol. The molecule has 0 radical (unpaired) electrons. The number of unbranched alkanes of at least 4 members (excludes halogenated alkanes) is 1. The Balaban J connectivity index is 2.27. The van der Waals surface area contributed by atoms with E-state index in [1.165, 1.54) is 11.6 Å². The van der Waals surface area contributed by atoms with Gasteiger partial charge in [0.2, 0.25) is 0 Å². The summed E-state index contributed by atoms with van der Waals surface area (Å²) in [6.07, 6.45) is -0.360. The molecular weight excluding hydrogens is 454 g/mol. The highest BCUT2D eigenvalue weighted by molar-refractivity contribution is 5.90. The first-order valence-corrected chi connectivity index (χ1v) is 11.5. The van der Waals surface area contributed by atoms with Gasteiger partial charge >= 0.3 is 17.9 Å². The van der Waals surface area contributed by atoms with Gasteiger partial charge in [-0.15, -0.1) is 0 Å². The molecule has 192 valence electrons. The van der Waals surface area contributed by atoms with Crippen molar-refractivity contribution in [2.45, 2.75) is 52.7 Å². The third-order valence-electron chi connectivity index (χ3n) is 4.98. The van der Waals surface area contributed by atoms with E-state index in [9.17, 15) is 19.2 Å². The number of rotatable bonds is 9. The molecule has 0 atom stereocenters. The molecule has 0 aliphatic rings. The maximum atomic E-state index is 13.0. The second-order valence-electron chi connectivity index (χ2n) is 8.94. The van der Waals surface area contributed by atoms with E-state index >= 15 is 0 Å². The number of nitrogens with zero attached hydrogens (tertiary/aromatic N) is 3. The van der Waals surface area contributed by atoms with Crippen LogP contribution in [0.25, 0.3) is 0 Å². The number of hydrogen-bond acceptors (Lipinski definition) is 7. The first kappa shape index (κ1) is 27.5. The van der Waals surface area contributed by atoms with E-state index in [0.717, 1.165) is 15.0 Å². The number of benzene rings is 1. The fraction of sp³-hybridized carbons (Fsp3) is 0.500. The summed E-state index contributed by atoms with van der Waals surface area (Å²) in [7, 11) is 1.34. The average Bonchev–Trinajstić information content (AvgIpc) is 2.78. The van der Waals surface area contributed by atoms with Crippen molar-refractivity contribution in [2.24, 2.45) is 7.05 Å². The van der Waals surface area contributed by atoms with Gasteiger partial charge in [-0.1, -0.05) is 30.3 Å². The number of carbonyl (C=O) groups is 2. The lowest BCUT2D eigenvalue weighted by Crippen LogP contribution is -2.45. The van der Waals surface area contributed by atoms with Gasteiger partial charge in [-0.3, -0.25) is 18.8 Å². The SMILES string of the molecule is CCOC(=O)N(CCCCNC(=O)OC(C)(C)C)c1c(N)n(Cc2ccccc2)c(=O)n(C)c1=O. The number of nitrogens with one attached hydrogen (secondary N) is 1. The Morgan fingerprint density at radius 2 is 1.77 bits per heavy atom. The van der Waals surface area contributed by atoms with Crippen LogP contribution in [0.15, 0.2) is 39.9 Å². The second-order valence-corrected chi connectivity index (χ2v) is 8.94. The number of anilines is 2. The van der Waals surface area contributed by atoms with Gasteiger partial charge in [-0.25, -0.2) is 14.4 Å². The normalized spacial score (nSPS) is 11.1. The Labute approximate surface area is 204 Å². The highest BCUT2D eigenvalue weighted by Gasteiger charge is 2.26. The molecule has 0 bridgehead atoms. The number of hydrogen-bond donors (Lipinski definition) is 2. The summed E-state index contributed by atoms with van der Waals surface area (Å²) in [5.74, 6) is -0.123. The minimum atomic E-state index is -0.749. The number of nitrogen functional groups attached to an aromatic ring is 1. The smallest absolute Gasteiger partial charge is 0.414 e. The van der Waals surface area contributed by atoms with E-state index in [2.05, 4.69) is 5.32 Å². The van der Waals surface area contributed by atoms with Crippen LogP contribution in [0.1, 0.15) is 46.1 Å². The predicted molar refractivity (Wildman–Crippen MR) is 134 cm³/mol. The topological polar surface area (TPSA) is 138 Å².